The molecule has 0 saturated carbocycles. The number of alkyl halides is 3. The Morgan fingerprint density at radius 2 is 2.16 bits per heavy atom. The SMILES string of the molecule is COC1(C(F)(F)F)CCN(C(=O)c2cc(Cl)ccc2-n2cnnn2)C1. The van der Waals surface area contributed by atoms with E-state index in [1.807, 2.05) is 0 Å². The van der Waals surface area contributed by atoms with Gasteiger partial charge in [-0.15, -0.1) is 5.10 Å². The molecule has 0 bridgehead atoms. The molecule has 1 aliphatic heterocycles. The molecule has 0 aliphatic carbocycles. The molecule has 0 spiro atoms. The molecule has 7 nitrogen and oxygen atoms in total. The van der Waals surface area contributed by atoms with Gasteiger partial charge in [0.2, 0.25) is 0 Å². The second kappa shape index (κ2) is 6.26. The number of hydrogen-bond acceptors (Lipinski definition) is 5. The highest BCUT2D eigenvalue weighted by molar-refractivity contribution is 6.31. The lowest BCUT2D eigenvalue weighted by Gasteiger charge is -2.30. The largest absolute Gasteiger partial charge is 0.419 e. The number of carbonyl (C=O) groups excluding carboxylic acids is 1. The molecular formula is C14H13ClF3N5O2. The highest BCUT2D eigenvalue weighted by Gasteiger charge is 2.59. The van der Waals surface area contributed by atoms with E-state index < -0.39 is 24.2 Å². The van der Waals surface area contributed by atoms with Crippen LogP contribution >= 0.6 is 11.6 Å². The van der Waals surface area contributed by atoms with Crippen LogP contribution in [0.5, 0.6) is 0 Å². The maximum Gasteiger partial charge on any atom is 0.419 e. The van der Waals surface area contributed by atoms with Gasteiger partial charge in [0.25, 0.3) is 5.91 Å². The van der Waals surface area contributed by atoms with Crippen LogP contribution in [0.2, 0.25) is 5.02 Å². The van der Waals surface area contributed by atoms with Gasteiger partial charge in [0.05, 0.1) is 17.8 Å². The Hall–Kier alpha value is -2.20. The molecule has 1 amide bonds. The molecular weight excluding hydrogens is 363 g/mol. The predicted molar refractivity (Wildman–Crippen MR) is 80.5 cm³/mol. The number of methoxy groups -OCH3 is 1. The number of aromatic nitrogens is 4. The zero-order valence-electron chi connectivity index (χ0n) is 13.0. The summed E-state index contributed by atoms with van der Waals surface area (Å²) in [6, 6.07) is 4.44. The van der Waals surface area contributed by atoms with E-state index in [1.54, 1.807) is 0 Å². The Labute approximate surface area is 145 Å². The zero-order chi connectivity index (χ0) is 18.2. The van der Waals surface area contributed by atoms with Gasteiger partial charge in [-0.05, 0) is 28.6 Å². The molecule has 1 atom stereocenters. The van der Waals surface area contributed by atoms with Crippen LogP contribution in [0.3, 0.4) is 0 Å². The maximum atomic E-state index is 13.3. The maximum absolute atomic E-state index is 13.3. The molecule has 1 unspecified atom stereocenters. The lowest BCUT2D eigenvalue weighted by molar-refractivity contribution is -0.263. The molecule has 0 N–H and O–H groups in total. The van der Waals surface area contributed by atoms with Crippen molar-refractivity contribution in [2.75, 3.05) is 20.2 Å². The molecule has 11 heteroatoms. The second-order valence-electron chi connectivity index (χ2n) is 5.59. The number of ether oxygens (including phenoxy) is 1. The standard InChI is InChI=1S/C14H13ClF3N5O2/c1-25-13(14(16,17)18)4-5-22(7-13)12(24)10-6-9(15)2-3-11(10)23-8-19-20-21-23/h2-3,6,8H,4-5,7H2,1H3. The monoisotopic (exact) mass is 375 g/mol. The first kappa shape index (κ1) is 17.6. The van der Waals surface area contributed by atoms with Crippen LogP contribution in [-0.2, 0) is 4.74 Å². The van der Waals surface area contributed by atoms with Gasteiger partial charge in [-0.1, -0.05) is 11.6 Å². The number of nitrogens with zero attached hydrogens (tertiary/aromatic N) is 5. The average Bonchev–Trinajstić information content (AvgIpc) is 3.23. The Kier molecular flexibility index (Phi) is 4.41. The van der Waals surface area contributed by atoms with Crippen LogP contribution in [0.15, 0.2) is 24.5 Å². The van der Waals surface area contributed by atoms with Crippen molar-refractivity contribution >= 4 is 17.5 Å². The van der Waals surface area contributed by atoms with Gasteiger partial charge >= 0.3 is 6.18 Å². The lowest BCUT2D eigenvalue weighted by atomic mass is 10.0. The first-order valence-electron chi connectivity index (χ1n) is 7.21. The number of rotatable bonds is 3. The van der Waals surface area contributed by atoms with Crippen molar-refractivity contribution in [1.82, 2.24) is 25.1 Å². The van der Waals surface area contributed by atoms with Crippen LogP contribution in [0.1, 0.15) is 16.8 Å². The molecule has 1 fully saturated rings. The van der Waals surface area contributed by atoms with Crippen LogP contribution in [-0.4, -0.2) is 63.0 Å². The number of carbonyl (C=O) groups is 1. The summed E-state index contributed by atoms with van der Waals surface area (Å²) >= 11 is 5.95. The fraction of sp³-hybridized carbons (Fsp3) is 0.429. The average molecular weight is 376 g/mol. The molecule has 1 aliphatic rings. The molecule has 2 heterocycles. The summed E-state index contributed by atoms with van der Waals surface area (Å²) in [6.45, 7) is -0.679. The summed E-state index contributed by atoms with van der Waals surface area (Å²) < 4.78 is 45.9. The third kappa shape index (κ3) is 3.07. The third-order valence-corrected chi connectivity index (χ3v) is 4.45. The normalized spacial score (nSPS) is 20.9. The fourth-order valence-electron chi connectivity index (χ4n) is 2.79. The molecule has 3 rings (SSSR count). The number of likely N-dealkylation sites (tertiary alicyclic amines) is 1. The van der Waals surface area contributed by atoms with E-state index in [4.69, 9.17) is 16.3 Å². The van der Waals surface area contributed by atoms with Crippen molar-refractivity contribution in [3.8, 4) is 5.69 Å². The minimum absolute atomic E-state index is 0.0895. The van der Waals surface area contributed by atoms with Gasteiger partial charge in [-0.2, -0.15) is 17.9 Å². The van der Waals surface area contributed by atoms with Crippen LogP contribution in [0.4, 0.5) is 13.2 Å². The Balaban J connectivity index is 1.94. The Morgan fingerprint density at radius 3 is 2.72 bits per heavy atom. The summed E-state index contributed by atoms with van der Waals surface area (Å²) in [6.07, 6.45) is -3.64. The summed E-state index contributed by atoms with van der Waals surface area (Å²) in [5.41, 5.74) is -1.94. The number of halogens is 4. The summed E-state index contributed by atoms with van der Waals surface area (Å²) in [4.78, 5) is 13.9. The van der Waals surface area contributed by atoms with Crippen molar-refractivity contribution in [1.29, 1.82) is 0 Å². The van der Waals surface area contributed by atoms with Gasteiger partial charge < -0.3 is 9.64 Å². The topological polar surface area (TPSA) is 73.1 Å². The van der Waals surface area contributed by atoms with E-state index in [0.29, 0.717) is 5.69 Å². The van der Waals surface area contributed by atoms with E-state index in [9.17, 15) is 18.0 Å². The third-order valence-electron chi connectivity index (χ3n) is 4.21. The predicted octanol–water partition coefficient (Wildman–Crippen LogP) is 2.11. The van der Waals surface area contributed by atoms with E-state index >= 15 is 0 Å². The van der Waals surface area contributed by atoms with Crippen molar-refractivity contribution < 1.29 is 22.7 Å². The van der Waals surface area contributed by atoms with Gasteiger partial charge in [0, 0.05) is 25.1 Å². The minimum Gasteiger partial charge on any atom is -0.367 e. The smallest absolute Gasteiger partial charge is 0.367 e. The molecule has 134 valence electrons. The van der Waals surface area contributed by atoms with E-state index in [1.165, 1.54) is 29.2 Å². The van der Waals surface area contributed by atoms with Crippen molar-refractivity contribution in [3.05, 3.63) is 35.1 Å². The van der Waals surface area contributed by atoms with Crippen molar-refractivity contribution in [3.63, 3.8) is 0 Å². The summed E-state index contributed by atoms with van der Waals surface area (Å²) in [5.74, 6) is -0.601. The number of tetrazole rings is 1. The first-order chi connectivity index (χ1) is 11.8. The van der Waals surface area contributed by atoms with E-state index in [2.05, 4.69) is 15.5 Å². The van der Waals surface area contributed by atoms with Crippen LogP contribution in [0, 0.1) is 0 Å². The number of amides is 1. The van der Waals surface area contributed by atoms with Gasteiger partial charge in [0.15, 0.2) is 5.60 Å². The molecule has 0 radical (unpaired) electrons. The second-order valence-corrected chi connectivity index (χ2v) is 6.03. The van der Waals surface area contributed by atoms with E-state index in [0.717, 1.165) is 12.0 Å². The van der Waals surface area contributed by atoms with Crippen molar-refractivity contribution in [2.24, 2.45) is 0 Å². The molecule has 1 aromatic carbocycles. The lowest BCUT2D eigenvalue weighted by Crippen LogP contribution is -2.49. The van der Waals surface area contributed by atoms with Gasteiger partial charge in [-0.25, -0.2) is 0 Å². The van der Waals surface area contributed by atoms with Crippen molar-refractivity contribution in [2.45, 2.75) is 18.2 Å². The summed E-state index contributed by atoms with van der Waals surface area (Å²) in [5, 5.41) is 11.0. The first-order valence-corrected chi connectivity index (χ1v) is 7.59. The Morgan fingerprint density at radius 1 is 1.40 bits per heavy atom. The van der Waals surface area contributed by atoms with Gasteiger partial charge in [-0.3, -0.25) is 4.79 Å². The molecule has 1 aromatic heterocycles. The number of benzene rings is 1. The molecule has 25 heavy (non-hydrogen) atoms. The highest BCUT2D eigenvalue weighted by atomic mass is 35.5. The quantitative estimate of drug-likeness (QED) is 0.821. The molecule has 1 saturated heterocycles. The van der Waals surface area contributed by atoms with E-state index in [-0.39, 0.29) is 23.6 Å². The van der Waals surface area contributed by atoms with Crippen LogP contribution < -0.4 is 0 Å². The highest BCUT2D eigenvalue weighted by Crippen LogP contribution is 2.41. The minimum atomic E-state index is -4.58. The fourth-order valence-corrected chi connectivity index (χ4v) is 2.96. The molecule has 2 aromatic rings. The zero-order valence-corrected chi connectivity index (χ0v) is 13.8. The summed E-state index contributed by atoms with van der Waals surface area (Å²) in [7, 11) is 0.993. The van der Waals surface area contributed by atoms with Crippen LogP contribution in [0.25, 0.3) is 5.69 Å². The number of hydrogen-bond donors (Lipinski definition) is 0. The Bertz CT molecular complexity index is 783. The van der Waals surface area contributed by atoms with Gasteiger partial charge in [0.1, 0.15) is 6.33 Å².